The second-order valence-electron chi connectivity index (χ2n) is 5.41. The van der Waals surface area contributed by atoms with E-state index in [0.29, 0.717) is 6.42 Å². The van der Waals surface area contributed by atoms with Gasteiger partial charge in [-0.3, -0.25) is 9.59 Å². The molecule has 110 valence electrons. The van der Waals surface area contributed by atoms with E-state index in [0.717, 1.165) is 23.4 Å². The SMILES string of the molecule is CCC(S)C(=O)Nc1ccc(C2=NNC(=O)C3CC23)cc1. The van der Waals surface area contributed by atoms with Crippen LogP contribution >= 0.6 is 12.6 Å². The molecule has 0 spiro atoms. The van der Waals surface area contributed by atoms with E-state index in [2.05, 4.69) is 28.5 Å². The third-order valence-electron chi connectivity index (χ3n) is 3.90. The Morgan fingerprint density at radius 2 is 2.14 bits per heavy atom. The zero-order valence-electron chi connectivity index (χ0n) is 11.7. The van der Waals surface area contributed by atoms with Gasteiger partial charge in [0.05, 0.1) is 11.0 Å². The first kappa shape index (κ1) is 14.1. The summed E-state index contributed by atoms with van der Waals surface area (Å²) >= 11 is 4.21. The van der Waals surface area contributed by atoms with Gasteiger partial charge in [-0.15, -0.1) is 0 Å². The summed E-state index contributed by atoms with van der Waals surface area (Å²) in [6, 6.07) is 7.53. The van der Waals surface area contributed by atoms with Crippen molar-refractivity contribution < 1.29 is 9.59 Å². The molecule has 1 heterocycles. The summed E-state index contributed by atoms with van der Waals surface area (Å²) in [7, 11) is 0. The molecule has 0 saturated heterocycles. The van der Waals surface area contributed by atoms with Crippen LogP contribution < -0.4 is 10.7 Å². The molecule has 3 unspecified atom stereocenters. The quantitative estimate of drug-likeness (QED) is 0.742. The van der Waals surface area contributed by atoms with Gasteiger partial charge in [-0.1, -0.05) is 19.1 Å². The average molecular weight is 303 g/mol. The topological polar surface area (TPSA) is 70.6 Å². The summed E-state index contributed by atoms with van der Waals surface area (Å²) in [5.41, 5.74) is 5.21. The van der Waals surface area contributed by atoms with Crippen molar-refractivity contribution in [1.82, 2.24) is 5.43 Å². The van der Waals surface area contributed by atoms with Crippen molar-refractivity contribution in [1.29, 1.82) is 0 Å². The van der Waals surface area contributed by atoms with E-state index in [9.17, 15) is 9.59 Å². The van der Waals surface area contributed by atoms with Gasteiger partial charge in [-0.25, -0.2) is 5.43 Å². The molecule has 1 fully saturated rings. The number of carbonyl (C=O) groups is 2. The molecular formula is C15H17N3O2S. The van der Waals surface area contributed by atoms with E-state index in [-0.39, 0.29) is 28.9 Å². The minimum absolute atomic E-state index is 0.0204. The molecule has 6 heteroatoms. The van der Waals surface area contributed by atoms with E-state index >= 15 is 0 Å². The maximum absolute atomic E-state index is 11.8. The number of rotatable bonds is 4. The fraction of sp³-hybridized carbons (Fsp3) is 0.400. The Bertz CT molecular complexity index is 612. The van der Waals surface area contributed by atoms with Crippen LogP contribution in [0.1, 0.15) is 25.3 Å². The van der Waals surface area contributed by atoms with Gasteiger partial charge in [-0.2, -0.15) is 17.7 Å². The minimum atomic E-state index is -0.296. The summed E-state index contributed by atoms with van der Waals surface area (Å²) in [4.78, 5) is 23.2. The molecular weight excluding hydrogens is 286 g/mol. The Hall–Kier alpha value is -1.82. The van der Waals surface area contributed by atoms with Crippen LogP contribution in [-0.4, -0.2) is 22.8 Å². The van der Waals surface area contributed by atoms with Crippen LogP contribution in [0.4, 0.5) is 5.69 Å². The predicted octanol–water partition coefficient (Wildman–Crippen LogP) is 1.80. The number of anilines is 1. The molecule has 0 bridgehead atoms. The molecule has 1 aromatic rings. The largest absolute Gasteiger partial charge is 0.325 e. The number of carbonyl (C=O) groups excluding carboxylic acids is 2. The smallest absolute Gasteiger partial charge is 0.243 e. The molecule has 3 rings (SSSR count). The standard InChI is InChI=1S/C15H17N3O2S/c1-2-12(21)15(20)16-9-5-3-8(4-6-9)13-10-7-11(10)14(19)18-17-13/h3-6,10-12,21H,2,7H2,1H3,(H,16,20)(H,18,19). The lowest BCUT2D eigenvalue weighted by atomic mass is 10.0. The number of thiol groups is 1. The first-order valence-corrected chi connectivity index (χ1v) is 7.58. The third kappa shape index (κ3) is 2.81. The van der Waals surface area contributed by atoms with Crippen LogP contribution in [0.2, 0.25) is 0 Å². The highest BCUT2D eigenvalue weighted by atomic mass is 32.1. The predicted molar refractivity (Wildman–Crippen MR) is 84.4 cm³/mol. The van der Waals surface area contributed by atoms with Crippen LogP contribution in [-0.2, 0) is 9.59 Å². The number of hydrazone groups is 1. The van der Waals surface area contributed by atoms with Crippen molar-refractivity contribution in [3.63, 3.8) is 0 Å². The van der Waals surface area contributed by atoms with Crippen molar-refractivity contribution >= 4 is 35.8 Å². The van der Waals surface area contributed by atoms with E-state index in [1.54, 1.807) is 0 Å². The maximum Gasteiger partial charge on any atom is 0.243 e. The van der Waals surface area contributed by atoms with E-state index < -0.39 is 0 Å². The van der Waals surface area contributed by atoms with Gasteiger partial charge < -0.3 is 5.32 Å². The maximum atomic E-state index is 11.8. The number of nitrogens with one attached hydrogen (secondary N) is 2. The van der Waals surface area contributed by atoms with Gasteiger partial charge in [0, 0.05) is 17.5 Å². The van der Waals surface area contributed by atoms with Gasteiger partial charge in [0.2, 0.25) is 11.8 Å². The molecule has 2 amide bonds. The lowest BCUT2D eigenvalue weighted by Crippen LogP contribution is -2.28. The van der Waals surface area contributed by atoms with Crippen LogP contribution in [0.3, 0.4) is 0 Å². The summed E-state index contributed by atoms with van der Waals surface area (Å²) in [5, 5.41) is 6.68. The number of nitrogens with zero attached hydrogens (tertiary/aromatic N) is 1. The molecule has 0 aromatic heterocycles. The Labute approximate surface area is 128 Å². The van der Waals surface area contributed by atoms with Crippen LogP contribution in [0.5, 0.6) is 0 Å². The number of benzene rings is 1. The summed E-state index contributed by atoms with van der Waals surface area (Å²) in [6.07, 6.45) is 1.56. The van der Waals surface area contributed by atoms with Crippen molar-refractivity contribution in [3.8, 4) is 0 Å². The summed E-state index contributed by atoms with van der Waals surface area (Å²) < 4.78 is 0. The number of amides is 2. The number of hydrogen-bond donors (Lipinski definition) is 3. The average Bonchev–Trinajstić information content (AvgIpc) is 3.29. The molecule has 1 aliphatic carbocycles. The molecule has 5 nitrogen and oxygen atoms in total. The fourth-order valence-electron chi connectivity index (χ4n) is 2.48. The minimum Gasteiger partial charge on any atom is -0.325 e. The van der Waals surface area contributed by atoms with Gasteiger partial charge in [0.1, 0.15) is 0 Å². The summed E-state index contributed by atoms with van der Waals surface area (Å²) in [5.74, 6) is 0.262. The number of fused-ring (bicyclic) bond motifs is 1. The molecule has 2 aliphatic rings. The van der Waals surface area contributed by atoms with Gasteiger partial charge >= 0.3 is 0 Å². The Balaban J connectivity index is 1.70. The Kier molecular flexibility index (Phi) is 3.71. The third-order valence-corrected chi connectivity index (χ3v) is 4.50. The first-order chi connectivity index (χ1) is 10.1. The van der Waals surface area contributed by atoms with Crippen LogP contribution in [0, 0.1) is 11.8 Å². The Morgan fingerprint density at radius 3 is 2.81 bits per heavy atom. The highest BCUT2D eigenvalue weighted by Gasteiger charge is 2.49. The lowest BCUT2D eigenvalue weighted by molar-refractivity contribution is -0.122. The highest BCUT2D eigenvalue weighted by Crippen LogP contribution is 2.43. The van der Waals surface area contributed by atoms with Crippen molar-refractivity contribution in [3.05, 3.63) is 29.8 Å². The normalized spacial score (nSPS) is 24.5. The zero-order chi connectivity index (χ0) is 15.0. The van der Waals surface area contributed by atoms with Gasteiger partial charge in [0.15, 0.2) is 0 Å². The second kappa shape index (κ2) is 5.52. The van der Waals surface area contributed by atoms with Crippen molar-refractivity contribution in [2.45, 2.75) is 25.0 Å². The van der Waals surface area contributed by atoms with Gasteiger partial charge in [0.25, 0.3) is 0 Å². The molecule has 1 saturated carbocycles. The summed E-state index contributed by atoms with van der Waals surface area (Å²) in [6.45, 7) is 1.92. The second-order valence-corrected chi connectivity index (χ2v) is 6.04. The molecule has 0 radical (unpaired) electrons. The number of hydrogen-bond acceptors (Lipinski definition) is 4. The molecule has 3 atom stereocenters. The van der Waals surface area contributed by atoms with E-state index in [1.807, 2.05) is 31.2 Å². The van der Waals surface area contributed by atoms with Crippen LogP contribution in [0.25, 0.3) is 0 Å². The first-order valence-electron chi connectivity index (χ1n) is 7.07. The fourth-order valence-corrected chi connectivity index (χ4v) is 2.55. The Morgan fingerprint density at radius 1 is 1.43 bits per heavy atom. The van der Waals surface area contributed by atoms with Crippen molar-refractivity contribution in [2.75, 3.05) is 5.32 Å². The van der Waals surface area contributed by atoms with Crippen molar-refractivity contribution in [2.24, 2.45) is 16.9 Å². The molecule has 1 aromatic carbocycles. The molecule has 2 N–H and O–H groups in total. The molecule has 21 heavy (non-hydrogen) atoms. The molecule has 1 aliphatic heterocycles. The van der Waals surface area contributed by atoms with Gasteiger partial charge in [-0.05, 0) is 30.5 Å². The monoisotopic (exact) mass is 303 g/mol. The van der Waals surface area contributed by atoms with Crippen LogP contribution in [0.15, 0.2) is 29.4 Å². The lowest BCUT2D eigenvalue weighted by Gasteiger charge is -2.13. The van der Waals surface area contributed by atoms with E-state index in [4.69, 9.17) is 0 Å². The van der Waals surface area contributed by atoms with E-state index in [1.165, 1.54) is 0 Å². The zero-order valence-corrected chi connectivity index (χ0v) is 12.6. The highest BCUT2D eigenvalue weighted by molar-refractivity contribution is 7.81.